The first-order chi connectivity index (χ1) is 8.00. The third kappa shape index (κ3) is 4.64. The molecule has 0 saturated carbocycles. The average molecular weight is 260 g/mol. The Balaban J connectivity index is 2.44. The lowest BCUT2D eigenvalue weighted by molar-refractivity contribution is -0.142. The van der Waals surface area contributed by atoms with Crippen molar-refractivity contribution in [3.8, 4) is 0 Å². The van der Waals surface area contributed by atoms with E-state index in [2.05, 4.69) is 5.32 Å². The van der Waals surface area contributed by atoms with Gasteiger partial charge in [0, 0.05) is 18.1 Å². The Bertz CT molecular complexity index is 315. The molecule has 1 saturated heterocycles. The molecule has 0 radical (unpaired) electrons. The van der Waals surface area contributed by atoms with E-state index in [-0.39, 0.29) is 24.7 Å². The number of rotatable bonds is 6. The average Bonchev–Trinajstić information content (AvgIpc) is 2.76. The number of nitrogens with one attached hydrogen (secondary N) is 1. The lowest BCUT2D eigenvalue weighted by atomic mass is 10.1. The van der Waals surface area contributed by atoms with Crippen LogP contribution in [0, 0.1) is 5.92 Å². The van der Waals surface area contributed by atoms with Crippen LogP contribution in [0.25, 0.3) is 0 Å². The summed E-state index contributed by atoms with van der Waals surface area (Å²) in [5.41, 5.74) is 4.95. The summed E-state index contributed by atoms with van der Waals surface area (Å²) >= 11 is 1.68. The Morgan fingerprint density at radius 3 is 2.65 bits per heavy atom. The summed E-state index contributed by atoms with van der Waals surface area (Å²) in [6.07, 6.45) is 0.769. The van der Waals surface area contributed by atoms with Gasteiger partial charge in [-0.25, -0.2) is 4.79 Å². The second-order valence-electron chi connectivity index (χ2n) is 3.96. The lowest BCUT2D eigenvalue weighted by Gasteiger charge is -2.16. The Labute approximate surface area is 103 Å². The van der Waals surface area contributed by atoms with Gasteiger partial charge in [0.1, 0.15) is 6.04 Å². The number of carbonyl (C=O) groups excluding carboxylic acids is 2. The minimum atomic E-state index is -1.13. The van der Waals surface area contributed by atoms with Crippen LogP contribution >= 0.6 is 11.8 Å². The molecule has 6 nitrogen and oxygen atoms in total. The van der Waals surface area contributed by atoms with Crippen LogP contribution in [0.5, 0.6) is 0 Å². The van der Waals surface area contributed by atoms with Crippen molar-refractivity contribution in [1.29, 1.82) is 0 Å². The Hall–Kier alpha value is -1.24. The molecular weight excluding hydrogens is 244 g/mol. The smallest absolute Gasteiger partial charge is 0.326 e. The van der Waals surface area contributed by atoms with Crippen molar-refractivity contribution in [3.63, 3.8) is 0 Å². The van der Waals surface area contributed by atoms with Crippen LogP contribution in [0.2, 0.25) is 0 Å². The van der Waals surface area contributed by atoms with Crippen LogP contribution in [0.15, 0.2) is 0 Å². The number of amides is 2. The van der Waals surface area contributed by atoms with Crippen molar-refractivity contribution in [3.05, 3.63) is 0 Å². The molecule has 1 aliphatic rings. The quantitative estimate of drug-likeness (QED) is 0.600. The summed E-state index contributed by atoms with van der Waals surface area (Å²) in [6.45, 7) is 0. The lowest BCUT2D eigenvalue weighted by Crippen LogP contribution is -2.44. The number of primary amides is 1. The number of carboxylic acids is 1. The molecule has 4 N–H and O–H groups in total. The van der Waals surface area contributed by atoms with Crippen molar-refractivity contribution in [1.82, 2.24) is 5.32 Å². The minimum Gasteiger partial charge on any atom is -0.480 e. The van der Waals surface area contributed by atoms with Crippen LogP contribution in [0.1, 0.15) is 19.3 Å². The molecule has 0 aromatic heterocycles. The molecule has 0 aromatic carbocycles. The molecular formula is C10H16N2O4S. The fraction of sp³-hybridized carbons (Fsp3) is 0.700. The maximum Gasteiger partial charge on any atom is 0.326 e. The molecule has 0 aliphatic carbocycles. The van der Waals surface area contributed by atoms with Gasteiger partial charge in [0.2, 0.25) is 11.8 Å². The molecule has 1 rings (SSSR count). The Kier molecular flexibility index (Phi) is 5.27. The molecule has 1 fully saturated rings. The molecule has 2 atom stereocenters. The summed E-state index contributed by atoms with van der Waals surface area (Å²) in [5, 5.41) is 11.4. The normalized spacial score (nSPS) is 20.8. The van der Waals surface area contributed by atoms with E-state index < -0.39 is 17.9 Å². The third-order valence-corrected chi connectivity index (χ3v) is 3.76. The summed E-state index contributed by atoms with van der Waals surface area (Å²) in [7, 11) is 0. The molecule has 2 amide bonds. The van der Waals surface area contributed by atoms with Crippen molar-refractivity contribution in [2.75, 3.05) is 11.5 Å². The van der Waals surface area contributed by atoms with Crippen molar-refractivity contribution in [2.45, 2.75) is 25.3 Å². The van der Waals surface area contributed by atoms with Gasteiger partial charge in [-0.05, 0) is 18.6 Å². The molecule has 1 unspecified atom stereocenters. The molecule has 7 heteroatoms. The van der Waals surface area contributed by atoms with Gasteiger partial charge in [-0.2, -0.15) is 11.8 Å². The van der Waals surface area contributed by atoms with Crippen molar-refractivity contribution < 1.29 is 19.5 Å². The van der Waals surface area contributed by atoms with Crippen LogP contribution in [0.3, 0.4) is 0 Å². The number of carboxylic acid groups (broad SMARTS) is 1. The highest BCUT2D eigenvalue weighted by Gasteiger charge is 2.27. The number of aliphatic carboxylic acids is 1. The topological polar surface area (TPSA) is 109 Å². The number of hydrogen-bond acceptors (Lipinski definition) is 4. The zero-order valence-electron chi connectivity index (χ0n) is 9.35. The van der Waals surface area contributed by atoms with E-state index in [1.54, 1.807) is 11.8 Å². The number of hydrogen-bond donors (Lipinski definition) is 3. The highest BCUT2D eigenvalue weighted by atomic mass is 32.2. The largest absolute Gasteiger partial charge is 0.480 e. The van der Waals surface area contributed by atoms with Gasteiger partial charge in [0.25, 0.3) is 0 Å². The van der Waals surface area contributed by atoms with Crippen LogP contribution < -0.4 is 11.1 Å². The highest BCUT2D eigenvalue weighted by Crippen LogP contribution is 2.23. The third-order valence-electron chi connectivity index (χ3n) is 2.59. The van der Waals surface area contributed by atoms with E-state index in [1.165, 1.54) is 0 Å². The molecule has 17 heavy (non-hydrogen) atoms. The van der Waals surface area contributed by atoms with Gasteiger partial charge in [-0.3, -0.25) is 9.59 Å². The zero-order chi connectivity index (χ0) is 12.8. The van der Waals surface area contributed by atoms with Gasteiger partial charge < -0.3 is 16.2 Å². The predicted molar refractivity (Wildman–Crippen MR) is 63.4 cm³/mol. The fourth-order valence-corrected chi connectivity index (χ4v) is 2.80. The van der Waals surface area contributed by atoms with E-state index in [1.807, 2.05) is 0 Å². The van der Waals surface area contributed by atoms with E-state index in [0.29, 0.717) is 0 Å². The monoisotopic (exact) mass is 260 g/mol. The number of nitrogens with two attached hydrogens (primary N) is 1. The first-order valence-electron chi connectivity index (χ1n) is 5.40. The number of carbonyl (C=O) groups is 3. The number of thioether (sulfide) groups is 1. The van der Waals surface area contributed by atoms with E-state index in [0.717, 1.165) is 17.9 Å². The highest BCUT2D eigenvalue weighted by molar-refractivity contribution is 7.99. The summed E-state index contributed by atoms with van der Waals surface area (Å²) in [5.74, 6) is -0.403. The zero-order valence-corrected chi connectivity index (χ0v) is 10.2. The van der Waals surface area contributed by atoms with E-state index in [9.17, 15) is 14.4 Å². The van der Waals surface area contributed by atoms with Gasteiger partial charge in [0.05, 0.1) is 0 Å². The van der Waals surface area contributed by atoms with Crippen LogP contribution in [-0.4, -0.2) is 40.4 Å². The molecule has 0 aromatic rings. The second kappa shape index (κ2) is 6.48. The maximum atomic E-state index is 11.7. The standard InChI is InChI=1S/C10H16N2O4S/c11-8(13)2-1-7(10(15)16)12-9(14)6-3-4-17-5-6/h6-7H,1-5H2,(H2,11,13)(H,12,14)(H,15,16)/t6?,7-/m0/s1. The predicted octanol–water partition coefficient (Wildman–Crippen LogP) is -0.426. The summed E-state index contributed by atoms with van der Waals surface area (Å²) in [4.78, 5) is 33.2. The van der Waals surface area contributed by atoms with Crippen molar-refractivity contribution >= 4 is 29.5 Å². The summed E-state index contributed by atoms with van der Waals surface area (Å²) < 4.78 is 0. The van der Waals surface area contributed by atoms with Crippen LogP contribution in [-0.2, 0) is 14.4 Å². The van der Waals surface area contributed by atoms with Crippen LogP contribution in [0.4, 0.5) is 0 Å². The first kappa shape index (κ1) is 13.8. The Morgan fingerprint density at radius 2 is 2.18 bits per heavy atom. The molecule has 0 spiro atoms. The molecule has 96 valence electrons. The van der Waals surface area contributed by atoms with E-state index >= 15 is 0 Å². The second-order valence-corrected chi connectivity index (χ2v) is 5.11. The van der Waals surface area contributed by atoms with Gasteiger partial charge in [0.15, 0.2) is 0 Å². The SMILES string of the molecule is NC(=O)CC[C@H](NC(=O)C1CCSC1)C(=O)O. The van der Waals surface area contributed by atoms with E-state index in [4.69, 9.17) is 10.8 Å². The Morgan fingerprint density at radius 1 is 1.47 bits per heavy atom. The molecule has 0 bridgehead atoms. The summed E-state index contributed by atoms with van der Waals surface area (Å²) in [6, 6.07) is -1.03. The maximum absolute atomic E-state index is 11.7. The minimum absolute atomic E-state index is 0.0380. The first-order valence-corrected chi connectivity index (χ1v) is 6.55. The fourth-order valence-electron chi connectivity index (χ4n) is 1.57. The van der Waals surface area contributed by atoms with Gasteiger partial charge in [-0.15, -0.1) is 0 Å². The van der Waals surface area contributed by atoms with Gasteiger partial charge in [-0.1, -0.05) is 0 Å². The molecule has 1 aliphatic heterocycles. The molecule has 1 heterocycles. The van der Waals surface area contributed by atoms with Crippen molar-refractivity contribution in [2.24, 2.45) is 11.7 Å². The van der Waals surface area contributed by atoms with Gasteiger partial charge >= 0.3 is 5.97 Å².